The third-order valence-corrected chi connectivity index (χ3v) is 6.97. The number of hydrogen-bond donors (Lipinski definition) is 0. The second-order valence-corrected chi connectivity index (χ2v) is 9.27. The van der Waals surface area contributed by atoms with Crippen molar-refractivity contribution in [1.82, 2.24) is 9.55 Å². The van der Waals surface area contributed by atoms with E-state index in [1.807, 2.05) is 24.3 Å². The molecule has 2 aromatic carbocycles. The highest BCUT2D eigenvalue weighted by Crippen LogP contribution is 2.34. The summed E-state index contributed by atoms with van der Waals surface area (Å²) in [7, 11) is 3.03. The van der Waals surface area contributed by atoms with Crippen molar-refractivity contribution in [3.63, 3.8) is 0 Å². The number of allylic oxidation sites excluding steroid dienone is 2. The zero-order valence-electron chi connectivity index (χ0n) is 20.4. The van der Waals surface area contributed by atoms with Crippen LogP contribution in [0.15, 0.2) is 48.5 Å². The van der Waals surface area contributed by atoms with Crippen LogP contribution in [0.1, 0.15) is 47.4 Å². The normalized spacial score (nSPS) is 19.8. The van der Waals surface area contributed by atoms with Crippen molar-refractivity contribution >= 4 is 22.6 Å². The van der Waals surface area contributed by atoms with Crippen molar-refractivity contribution in [3.05, 3.63) is 65.5 Å². The van der Waals surface area contributed by atoms with E-state index >= 15 is 0 Å². The molecule has 7 nitrogen and oxygen atoms in total. The average Bonchev–Trinajstić information content (AvgIpc) is 3.20. The van der Waals surface area contributed by atoms with E-state index in [1.54, 1.807) is 13.2 Å². The van der Waals surface area contributed by atoms with Gasteiger partial charge in [-0.05, 0) is 73.1 Å². The van der Waals surface area contributed by atoms with Crippen molar-refractivity contribution in [2.45, 2.75) is 44.8 Å². The van der Waals surface area contributed by atoms with E-state index in [2.05, 4.69) is 22.8 Å². The van der Waals surface area contributed by atoms with Gasteiger partial charge in [-0.15, -0.1) is 0 Å². The predicted octanol–water partition coefficient (Wildman–Crippen LogP) is 5.02. The topological polar surface area (TPSA) is 71.8 Å². The summed E-state index contributed by atoms with van der Waals surface area (Å²) < 4.78 is 23.5. The second-order valence-electron chi connectivity index (χ2n) is 9.27. The summed E-state index contributed by atoms with van der Waals surface area (Å²) in [6.07, 6.45) is 7.66. The van der Waals surface area contributed by atoms with Crippen LogP contribution in [0.4, 0.5) is 0 Å². The van der Waals surface area contributed by atoms with Crippen LogP contribution >= 0.6 is 0 Å². The minimum atomic E-state index is -0.331. The molecular formula is C28H32N2O5. The van der Waals surface area contributed by atoms with Crippen LogP contribution in [-0.4, -0.2) is 49.2 Å². The van der Waals surface area contributed by atoms with Crippen molar-refractivity contribution in [1.29, 1.82) is 0 Å². The van der Waals surface area contributed by atoms with Gasteiger partial charge < -0.3 is 23.5 Å². The van der Waals surface area contributed by atoms with Gasteiger partial charge in [0, 0.05) is 20.1 Å². The zero-order chi connectivity index (χ0) is 24.2. The lowest BCUT2D eigenvalue weighted by Crippen LogP contribution is -2.32. The molecule has 0 radical (unpaired) electrons. The van der Waals surface area contributed by atoms with E-state index in [0.717, 1.165) is 67.9 Å². The van der Waals surface area contributed by atoms with Gasteiger partial charge in [0.05, 0.1) is 36.4 Å². The molecule has 0 spiro atoms. The zero-order valence-corrected chi connectivity index (χ0v) is 20.4. The molecule has 1 aliphatic heterocycles. The lowest BCUT2D eigenvalue weighted by atomic mass is 9.84. The maximum atomic E-state index is 12.1. The van der Waals surface area contributed by atoms with Gasteiger partial charge in [0.1, 0.15) is 11.6 Å². The molecule has 184 valence electrons. The Kier molecular flexibility index (Phi) is 7.16. The quantitative estimate of drug-likeness (QED) is 0.319. The molecule has 2 atom stereocenters. The molecule has 2 aliphatic rings. The van der Waals surface area contributed by atoms with E-state index in [9.17, 15) is 4.79 Å². The number of carbonyl (C=O) groups excluding carboxylic acids is 1. The van der Waals surface area contributed by atoms with Gasteiger partial charge in [0.25, 0.3) is 0 Å². The number of methoxy groups -OCH3 is 2. The molecule has 2 heterocycles. The largest absolute Gasteiger partial charge is 0.468 e. The third-order valence-electron chi connectivity index (χ3n) is 6.97. The molecule has 3 aromatic rings. The predicted molar refractivity (Wildman–Crippen MR) is 133 cm³/mol. The summed E-state index contributed by atoms with van der Waals surface area (Å²) in [5.74, 6) is 2.08. The number of hydrogen-bond acceptors (Lipinski definition) is 6. The molecule has 0 N–H and O–H groups in total. The monoisotopic (exact) mass is 476 g/mol. The number of imidazole rings is 1. The highest BCUT2D eigenvalue weighted by molar-refractivity contribution is 5.93. The highest BCUT2D eigenvalue weighted by atomic mass is 16.7. The number of aromatic nitrogens is 2. The minimum absolute atomic E-state index is 0.207. The first kappa shape index (κ1) is 23.6. The van der Waals surface area contributed by atoms with E-state index in [-0.39, 0.29) is 18.9 Å². The summed E-state index contributed by atoms with van der Waals surface area (Å²) in [6, 6.07) is 13.8. The number of nitrogens with zero attached hydrogens (tertiary/aromatic N) is 2. The van der Waals surface area contributed by atoms with E-state index < -0.39 is 0 Å². The molecule has 0 saturated carbocycles. The second kappa shape index (κ2) is 10.6. The molecule has 5 rings (SSSR count). The first-order chi connectivity index (χ1) is 17.1. The van der Waals surface area contributed by atoms with Crippen molar-refractivity contribution in [2.75, 3.05) is 27.6 Å². The number of rotatable bonds is 9. The molecule has 1 aliphatic carbocycles. The maximum Gasteiger partial charge on any atom is 0.337 e. The van der Waals surface area contributed by atoms with Crippen LogP contribution in [0.25, 0.3) is 16.6 Å². The number of carbonyl (C=O) groups is 1. The summed E-state index contributed by atoms with van der Waals surface area (Å²) in [6.45, 7) is 1.82. The van der Waals surface area contributed by atoms with Crippen molar-refractivity contribution < 1.29 is 23.7 Å². The van der Waals surface area contributed by atoms with Gasteiger partial charge in [-0.3, -0.25) is 0 Å². The molecule has 0 amide bonds. The van der Waals surface area contributed by atoms with Gasteiger partial charge in [-0.25, -0.2) is 9.78 Å². The summed E-state index contributed by atoms with van der Waals surface area (Å²) >= 11 is 0. The Balaban J connectivity index is 1.34. The lowest BCUT2D eigenvalue weighted by molar-refractivity contribution is -0.0590. The van der Waals surface area contributed by atoms with Crippen molar-refractivity contribution in [2.24, 2.45) is 5.92 Å². The van der Waals surface area contributed by atoms with Gasteiger partial charge >= 0.3 is 5.97 Å². The first-order valence-corrected chi connectivity index (χ1v) is 12.2. The third kappa shape index (κ3) is 5.26. The molecule has 1 unspecified atom stereocenters. The molecule has 1 fully saturated rings. The maximum absolute atomic E-state index is 12.1. The van der Waals surface area contributed by atoms with Crippen LogP contribution < -0.4 is 4.74 Å². The van der Waals surface area contributed by atoms with Gasteiger partial charge in [0.15, 0.2) is 6.79 Å². The van der Waals surface area contributed by atoms with E-state index in [1.165, 1.54) is 18.2 Å². The van der Waals surface area contributed by atoms with E-state index in [0.29, 0.717) is 11.5 Å². The minimum Gasteiger partial charge on any atom is -0.468 e. The Hall–Kier alpha value is -3.16. The van der Waals surface area contributed by atoms with Gasteiger partial charge in [-0.2, -0.15) is 0 Å². The van der Waals surface area contributed by atoms with Gasteiger partial charge in [0.2, 0.25) is 0 Å². The molecule has 1 saturated heterocycles. The Morgan fingerprint density at radius 1 is 1.17 bits per heavy atom. The van der Waals surface area contributed by atoms with Crippen LogP contribution in [0, 0.1) is 5.92 Å². The van der Waals surface area contributed by atoms with Crippen LogP contribution in [0.3, 0.4) is 0 Å². The van der Waals surface area contributed by atoms with Crippen LogP contribution in [0.2, 0.25) is 0 Å². The average molecular weight is 477 g/mol. The fraction of sp³-hybridized carbons (Fsp3) is 0.429. The Morgan fingerprint density at radius 3 is 2.77 bits per heavy atom. The molecular weight excluding hydrogens is 444 g/mol. The molecule has 35 heavy (non-hydrogen) atoms. The number of ether oxygens (including phenoxy) is 4. The number of fused-ring (bicyclic) bond motifs is 1. The first-order valence-electron chi connectivity index (χ1n) is 12.2. The van der Waals surface area contributed by atoms with Crippen molar-refractivity contribution in [3.8, 4) is 5.75 Å². The highest BCUT2D eigenvalue weighted by Gasteiger charge is 2.25. The molecule has 1 aromatic heterocycles. The Labute approximate surface area is 205 Å². The standard InChI is InChI=1S/C28H32N2O5/c1-32-18-35-23-5-3-4-21(15-23)20-8-6-19(7-9-20)14-27-29-25-11-10-22(28(31)33-2)16-26(25)30(27)17-24-12-13-34-24/h3-5,8,10-11,15-16,19,24H,6-7,9,12-14,17-18H2,1-2H3/t19?,24-/m0/s1. The number of esters is 1. The fourth-order valence-electron chi connectivity index (χ4n) is 4.92. The Bertz CT molecular complexity index is 1230. The fourth-order valence-corrected chi connectivity index (χ4v) is 4.92. The number of benzene rings is 2. The molecule has 0 bridgehead atoms. The van der Waals surface area contributed by atoms with E-state index in [4.69, 9.17) is 23.9 Å². The summed E-state index contributed by atoms with van der Waals surface area (Å²) in [4.78, 5) is 17.1. The summed E-state index contributed by atoms with van der Waals surface area (Å²) in [5, 5.41) is 0. The molecule has 7 heteroatoms. The lowest BCUT2D eigenvalue weighted by Gasteiger charge is -2.28. The van der Waals surface area contributed by atoms with Gasteiger partial charge in [-0.1, -0.05) is 18.2 Å². The SMILES string of the molecule is COCOc1cccc(C2=CCC(Cc3nc4ccc(C(=O)OC)cc4n3C[C@@H]3CCO3)CC2)c1. The Morgan fingerprint density at radius 2 is 2.06 bits per heavy atom. The van der Waals surface area contributed by atoms with Crippen LogP contribution in [-0.2, 0) is 27.2 Å². The summed E-state index contributed by atoms with van der Waals surface area (Å²) in [5.41, 5.74) is 5.00. The smallest absolute Gasteiger partial charge is 0.337 e. The van der Waals surface area contributed by atoms with Crippen LogP contribution in [0.5, 0.6) is 5.75 Å².